The van der Waals surface area contributed by atoms with Crippen molar-refractivity contribution in [3.63, 3.8) is 0 Å². The van der Waals surface area contributed by atoms with Gasteiger partial charge in [0.2, 0.25) is 11.1 Å². The summed E-state index contributed by atoms with van der Waals surface area (Å²) in [7, 11) is 0. The second kappa shape index (κ2) is 7.57. The molecule has 4 heterocycles. The molecule has 5 rings (SSSR count). The number of carbonyl (C=O) groups is 1. The number of hydrogen-bond donors (Lipinski definition) is 1. The van der Waals surface area contributed by atoms with E-state index >= 15 is 0 Å². The molecular weight excluding hydrogens is 406 g/mol. The lowest BCUT2D eigenvalue weighted by Crippen LogP contribution is -2.14. The molecule has 0 saturated heterocycles. The van der Waals surface area contributed by atoms with Crippen molar-refractivity contribution < 1.29 is 4.79 Å². The first-order chi connectivity index (χ1) is 14.3. The molecule has 0 fully saturated rings. The number of hydrogen-bond acceptors (Lipinski definition) is 8. The zero-order valence-corrected chi connectivity index (χ0v) is 16.5. The van der Waals surface area contributed by atoms with Gasteiger partial charge >= 0.3 is 0 Å². The number of thioether (sulfide) groups is 1. The average Bonchev–Trinajstić information content (AvgIpc) is 3.35. The van der Waals surface area contributed by atoms with Crippen LogP contribution in [0.2, 0.25) is 0 Å². The third-order valence-corrected chi connectivity index (χ3v) is 5.95. The maximum absolute atomic E-state index is 12.4. The van der Waals surface area contributed by atoms with E-state index in [1.165, 1.54) is 23.1 Å². The van der Waals surface area contributed by atoms with Crippen LogP contribution in [0.5, 0.6) is 0 Å². The number of rotatable bonds is 5. The monoisotopic (exact) mass is 419 g/mol. The molecule has 0 atom stereocenters. The van der Waals surface area contributed by atoms with Gasteiger partial charge in [0.25, 0.3) is 0 Å². The largest absolute Gasteiger partial charge is 0.301 e. The molecule has 29 heavy (non-hydrogen) atoms. The first kappa shape index (κ1) is 17.7. The highest BCUT2D eigenvalue weighted by Gasteiger charge is 2.13. The third-order valence-electron chi connectivity index (χ3n) is 4.08. The zero-order chi connectivity index (χ0) is 19.6. The van der Waals surface area contributed by atoms with Crippen LogP contribution in [0.25, 0.3) is 27.1 Å². The van der Waals surface area contributed by atoms with E-state index in [-0.39, 0.29) is 11.7 Å². The Morgan fingerprint density at radius 3 is 2.79 bits per heavy atom. The van der Waals surface area contributed by atoms with E-state index in [1.807, 2.05) is 48.5 Å². The van der Waals surface area contributed by atoms with E-state index in [2.05, 4.69) is 30.6 Å². The minimum absolute atomic E-state index is 0.156. The first-order valence-corrected chi connectivity index (χ1v) is 10.5. The number of nitrogens with one attached hydrogen (secondary N) is 1. The van der Waals surface area contributed by atoms with Gasteiger partial charge in [0, 0.05) is 18.0 Å². The Morgan fingerprint density at radius 2 is 1.93 bits per heavy atom. The van der Waals surface area contributed by atoms with Crippen LogP contribution in [0, 0.1) is 0 Å². The summed E-state index contributed by atoms with van der Waals surface area (Å²) in [5.41, 5.74) is 3.22. The van der Waals surface area contributed by atoms with Gasteiger partial charge in [-0.05, 0) is 36.4 Å². The Bertz CT molecular complexity index is 1280. The van der Waals surface area contributed by atoms with E-state index in [4.69, 9.17) is 0 Å². The van der Waals surface area contributed by atoms with E-state index in [9.17, 15) is 4.79 Å². The molecule has 1 N–H and O–H groups in total. The summed E-state index contributed by atoms with van der Waals surface area (Å²) < 4.78 is 2.68. The Kier molecular flexibility index (Phi) is 4.62. The fourth-order valence-electron chi connectivity index (χ4n) is 2.75. The van der Waals surface area contributed by atoms with Gasteiger partial charge in [0.15, 0.2) is 10.8 Å². The molecule has 1 amide bonds. The molecule has 0 aliphatic rings. The number of pyridine rings is 1. The van der Waals surface area contributed by atoms with Crippen LogP contribution in [0.4, 0.5) is 5.13 Å². The maximum Gasteiger partial charge on any atom is 0.236 e. The molecule has 0 spiro atoms. The predicted octanol–water partition coefficient (Wildman–Crippen LogP) is 3.53. The van der Waals surface area contributed by atoms with Crippen molar-refractivity contribution in [2.24, 2.45) is 0 Å². The number of thiazole rings is 1. The van der Waals surface area contributed by atoms with Crippen molar-refractivity contribution in [2.75, 3.05) is 11.1 Å². The molecule has 8 nitrogen and oxygen atoms in total. The molecule has 4 aromatic heterocycles. The number of nitrogens with zero attached hydrogens (tertiary/aromatic N) is 6. The lowest BCUT2D eigenvalue weighted by Gasteiger charge is -2.03. The fourth-order valence-corrected chi connectivity index (χ4v) is 4.32. The van der Waals surface area contributed by atoms with Gasteiger partial charge in [-0.1, -0.05) is 35.2 Å². The molecule has 0 unspecified atom stereocenters. The molecule has 0 radical (unpaired) electrons. The van der Waals surface area contributed by atoms with Crippen molar-refractivity contribution in [2.45, 2.75) is 5.16 Å². The van der Waals surface area contributed by atoms with E-state index in [0.717, 1.165) is 21.5 Å². The van der Waals surface area contributed by atoms with E-state index in [1.54, 1.807) is 16.9 Å². The highest BCUT2D eigenvalue weighted by molar-refractivity contribution is 7.99. The standard InChI is InChI=1S/C19H13N7OS2/c27-17(22-18-21-14-3-1-2-4-15(14)29-18)11-28-19-24-23-16-6-5-13(25-26(16)19)12-7-9-20-10-8-12/h1-10H,11H2,(H,21,22,27). The second-order valence-electron chi connectivity index (χ2n) is 6.03. The number of carbonyl (C=O) groups excluding carboxylic acids is 1. The molecule has 5 aromatic rings. The normalized spacial score (nSPS) is 11.2. The summed E-state index contributed by atoms with van der Waals surface area (Å²) in [4.78, 5) is 20.8. The van der Waals surface area contributed by atoms with Gasteiger partial charge in [-0.3, -0.25) is 9.78 Å². The van der Waals surface area contributed by atoms with Crippen molar-refractivity contribution in [3.8, 4) is 11.3 Å². The topological polar surface area (TPSA) is 98.0 Å². The lowest BCUT2D eigenvalue weighted by molar-refractivity contribution is -0.113. The number of para-hydroxylation sites is 1. The summed E-state index contributed by atoms with van der Waals surface area (Å²) in [6.07, 6.45) is 3.44. The average molecular weight is 419 g/mol. The molecule has 0 bridgehead atoms. The second-order valence-corrected chi connectivity index (χ2v) is 8.00. The highest BCUT2D eigenvalue weighted by atomic mass is 32.2. The Balaban J connectivity index is 1.31. The molecule has 10 heteroatoms. The Hall–Kier alpha value is -3.37. The smallest absolute Gasteiger partial charge is 0.236 e. The van der Waals surface area contributed by atoms with Gasteiger partial charge in [-0.25, -0.2) is 4.98 Å². The van der Waals surface area contributed by atoms with Crippen molar-refractivity contribution in [3.05, 3.63) is 60.9 Å². The van der Waals surface area contributed by atoms with Gasteiger partial charge in [0.05, 0.1) is 21.7 Å². The highest BCUT2D eigenvalue weighted by Crippen LogP contribution is 2.26. The molecular formula is C19H13N7OS2. The molecule has 1 aromatic carbocycles. The molecule has 0 aliphatic carbocycles. The summed E-state index contributed by atoms with van der Waals surface area (Å²) in [6.45, 7) is 0. The van der Waals surface area contributed by atoms with Crippen molar-refractivity contribution in [1.82, 2.24) is 29.8 Å². The lowest BCUT2D eigenvalue weighted by atomic mass is 10.2. The number of benzene rings is 1. The Labute approximate surface area is 173 Å². The van der Waals surface area contributed by atoms with Gasteiger partial charge in [-0.15, -0.1) is 10.2 Å². The van der Waals surface area contributed by atoms with Crippen LogP contribution in [0.3, 0.4) is 0 Å². The van der Waals surface area contributed by atoms with E-state index < -0.39 is 0 Å². The van der Waals surface area contributed by atoms with Gasteiger partial charge in [-0.2, -0.15) is 9.61 Å². The fraction of sp³-hybridized carbons (Fsp3) is 0.0526. The van der Waals surface area contributed by atoms with E-state index in [0.29, 0.717) is 15.9 Å². The summed E-state index contributed by atoms with van der Waals surface area (Å²) >= 11 is 2.72. The SMILES string of the molecule is O=C(CSc1nnc2ccc(-c3ccncc3)nn12)Nc1nc2ccccc2s1. The van der Waals surface area contributed by atoms with Crippen molar-refractivity contribution in [1.29, 1.82) is 0 Å². The minimum atomic E-state index is -0.156. The molecule has 0 aliphatic heterocycles. The molecule has 0 saturated carbocycles. The number of fused-ring (bicyclic) bond motifs is 2. The zero-order valence-electron chi connectivity index (χ0n) is 14.9. The summed E-state index contributed by atoms with van der Waals surface area (Å²) in [5, 5.41) is 16.8. The van der Waals surface area contributed by atoms with Gasteiger partial charge in [0.1, 0.15) is 0 Å². The minimum Gasteiger partial charge on any atom is -0.301 e. The van der Waals surface area contributed by atoms with Crippen LogP contribution in [0.15, 0.2) is 66.1 Å². The van der Waals surface area contributed by atoms with Gasteiger partial charge < -0.3 is 5.32 Å². The number of amides is 1. The van der Waals surface area contributed by atoms with Crippen LogP contribution >= 0.6 is 23.1 Å². The Morgan fingerprint density at radius 1 is 1.07 bits per heavy atom. The third kappa shape index (κ3) is 3.67. The van der Waals surface area contributed by atoms with Crippen molar-refractivity contribution >= 4 is 50.0 Å². The molecule has 142 valence electrons. The van der Waals surface area contributed by atoms with Crippen LogP contribution in [0.1, 0.15) is 0 Å². The van der Waals surface area contributed by atoms with Crippen LogP contribution in [-0.2, 0) is 4.79 Å². The van der Waals surface area contributed by atoms with Crippen LogP contribution < -0.4 is 5.32 Å². The number of anilines is 1. The number of aromatic nitrogens is 6. The summed E-state index contributed by atoms with van der Waals surface area (Å²) in [6, 6.07) is 15.3. The summed E-state index contributed by atoms with van der Waals surface area (Å²) in [5.74, 6) is 0.0221. The predicted molar refractivity (Wildman–Crippen MR) is 113 cm³/mol. The quantitative estimate of drug-likeness (QED) is 0.435. The van der Waals surface area contributed by atoms with Crippen LogP contribution in [-0.4, -0.2) is 41.4 Å². The first-order valence-electron chi connectivity index (χ1n) is 8.67. The maximum atomic E-state index is 12.4.